The van der Waals surface area contributed by atoms with E-state index in [-0.39, 0.29) is 0 Å². The number of nitrogens with zero attached hydrogens (tertiary/aromatic N) is 1. The van der Waals surface area contributed by atoms with Crippen LogP contribution in [0, 0.1) is 0 Å². The maximum absolute atomic E-state index is 5.73. The van der Waals surface area contributed by atoms with Crippen LogP contribution in [0.1, 0.15) is 20.3 Å². The predicted molar refractivity (Wildman–Crippen MR) is 70.2 cm³/mol. The zero-order valence-electron chi connectivity index (χ0n) is 10.4. The Morgan fingerprint density at radius 2 is 2.38 bits per heavy atom. The van der Waals surface area contributed by atoms with Gasteiger partial charge in [0.15, 0.2) is 0 Å². The normalized spacial score (nSPS) is 37.5. The van der Waals surface area contributed by atoms with Gasteiger partial charge < -0.3 is 10.1 Å². The van der Waals surface area contributed by atoms with Crippen molar-refractivity contribution >= 4 is 11.8 Å². The van der Waals surface area contributed by atoms with E-state index >= 15 is 0 Å². The van der Waals surface area contributed by atoms with E-state index in [1.807, 2.05) is 0 Å². The van der Waals surface area contributed by atoms with Crippen LogP contribution in [0.2, 0.25) is 0 Å². The van der Waals surface area contributed by atoms with E-state index in [0.717, 1.165) is 13.2 Å². The predicted octanol–water partition coefficient (Wildman–Crippen LogP) is 1.19. The minimum Gasteiger partial charge on any atom is -0.376 e. The van der Waals surface area contributed by atoms with Crippen molar-refractivity contribution in [3.05, 3.63) is 0 Å². The molecule has 0 aromatic carbocycles. The first-order valence-electron chi connectivity index (χ1n) is 6.46. The Morgan fingerprint density at radius 3 is 3.06 bits per heavy atom. The van der Waals surface area contributed by atoms with Gasteiger partial charge in [-0.1, -0.05) is 6.92 Å². The molecule has 0 saturated carbocycles. The number of morpholine rings is 1. The maximum atomic E-state index is 5.73. The summed E-state index contributed by atoms with van der Waals surface area (Å²) in [4.78, 5) is 2.62. The fourth-order valence-electron chi connectivity index (χ4n) is 2.53. The van der Waals surface area contributed by atoms with Crippen LogP contribution in [0.4, 0.5) is 0 Å². The minimum atomic E-state index is 0.402. The summed E-state index contributed by atoms with van der Waals surface area (Å²) in [5, 5.41) is 3.62. The molecule has 4 heteroatoms. The molecule has 0 aliphatic carbocycles. The van der Waals surface area contributed by atoms with Crippen molar-refractivity contribution in [1.82, 2.24) is 10.2 Å². The fourth-order valence-corrected chi connectivity index (χ4v) is 3.47. The molecule has 16 heavy (non-hydrogen) atoms. The van der Waals surface area contributed by atoms with Gasteiger partial charge in [0.05, 0.1) is 12.7 Å². The van der Waals surface area contributed by atoms with Crippen molar-refractivity contribution in [3.8, 4) is 0 Å². The molecule has 0 radical (unpaired) electrons. The highest BCUT2D eigenvalue weighted by Crippen LogP contribution is 2.17. The Hall–Kier alpha value is 0.230. The van der Waals surface area contributed by atoms with Crippen LogP contribution in [-0.4, -0.2) is 60.8 Å². The van der Waals surface area contributed by atoms with Crippen LogP contribution in [0.15, 0.2) is 0 Å². The first-order chi connectivity index (χ1) is 7.79. The molecule has 0 amide bonds. The molecule has 94 valence electrons. The third kappa shape index (κ3) is 3.36. The van der Waals surface area contributed by atoms with Crippen molar-refractivity contribution in [3.63, 3.8) is 0 Å². The van der Waals surface area contributed by atoms with Gasteiger partial charge in [0.1, 0.15) is 0 Å². The summed E-state index contributed by atoms with van der Waals surface area (Å²) in [6.45, 7) is 8.83. The molecule has 3 atom stereocenters. The average molecular weight is 244 g/mol. The lowest BCUT2D eigenvalue weighted by molar-refractivity contribution is -0.0577. The number of thioether (sulfide) groups is 1. The van der Waals surface area contributed by atoms with Gasteiger partial charge in [0.2, 0.25) is 0 Å². The number of hydrogen-bond acceptors (Lipinski definition) is 4. The van der Waals surface area contributed by atoms with E-state index < -0.39 is 0 Å². The molecule has 3 nitrogen and oxygen atoms in total. The molecular formula is C12H24N2OS. The minimum absolute atomic E-state index is 0.402. The summed E-state index contributed by atoms with van der Waals surface area (Å²) in [7, 11) is 0. The summed E-state index contributed by atoms with van der Waals surface area (Å²) in [6, 6.07) is 1.31. The highest BCUT2D eigenvalue weighted by Gasteiger charge is 2.27. The molecule has 3 unspecified atom stereocenters. The zero-order valence-corrected chi connectivity index (χ0v) is 11.3. The maximum Gasteiger partial charge on any atom is 0.0674 e. The Kier molecular flexibility index (Phi) is 4.95. The van der Waals surface area contributed by atoms with Gasteiger partial charge in [0.25, 0.3) is 0 Å². The monoisotopic (exact) mass is 244 g/mol. The first-order valence-corrected chi connectivity index (χ1v) is 7.62. The molecule has 2 heterocycles. The third-order valence-electron chi connectivity index (χ3n) is 3.51. The van der Waals surface area contributed by atoms with Gasteiger partial charge in [-0.2, -0.15) is 11.8 Å². The van der Waals surface area contributed by atoms with Gasteiger partial charge in [-0.3, -0.25) is 4.90 Å². The SMILES string of the molecule is CCC1COC(C)CN1CC1CSCCN1. The fraction of sp³-hybridized carbons (Fsp3) is 1.00. The molecule has 0 spiro atoms. The molecule has 2 rings (SSSR count). The lowest BCUT2D eigenvalue weighted by Gasteiger charge is -2.40. The van der Waals surface area contributed by atoms with Crippen LogP contribution in [0.3, 0.4) is 0 Å². The van der Waals surface area contributed by atoms with Crippen LogP contribution >= 0.6 is 11.8 Å². The third-order valence-corrected chi connectivity index (χ3v) is 4.64. The summed E-state index contributed by atoms with van der Waals surface area (Å²) >= 11 is 2.08. The molecule has 0 aromatic rings. The molecule has 2 aliphatic rings. The van der Waals surface area contributed by atoms with E-state index in [9.17, 15) is 0 Å². The summed E-state index contributed by atoms with van der Waals surface area (Å²) in [6.07, 6.45) is 1.60. The lowest BCUT2D eigenvalue weighted by Crippen LogP contribution is -2.54. The van der Waals surface area contributed by atoms with Gasteiger partial charge in [-0.25, -0.2) is 0 Å². The average Bonchev–Trinajstić information content (AvgIpc) is 2.31. The largest absolute Gasteiger partial charge is 0.376 e. The molecule has 2 fully saturated rings. The topological polar surface area (TPSA) is 24.5 Å². The Bertz CT molecular complexity index is 209. The van der Waals surface area contributed by atoms with Crippen molar-refractivity contribution in [2.75, 3.05) is 37.7 Å². The van der Waals surface area contributed by atoms with Crippen molar-refractivity contribution in [1.29, 1.82) is 0 Å². The van der Waals surface area contributed by atoms with Gasteiger partial charge in [-0.15, -0.1) is 0 Å². The van der Waals surface area contributed by atoms with E-state index in [1.165, 1.54) is 31.0 Å². The Labute approximate surface area is 103 Å². The van der Waals surface area contributed by atoms with Gasteiger partial charge in [-0.05, 0) is 13.3 Å². The second-order valence-electron chi connectivity index (χ2n) is 4.89. The van der Waals surface area contributed by atoms with E-state index in [1.54, 1.807) is 0 Å². The van der Waals surface area contributed by atoms with E-state index in [0.29, 0.717) is 18.2 Å². The molecule has 0 aromatic heterocycles. The highest BCUT2D eigenvalue weighted by molar-refractivity contribution is 7.99. The summed E-state index contributed by atoms with van der Waals surface area (Å²) < 4.78 is 5.73. The molecule has 1 N–H and O–H groups in total. The Morgan fingerprint density at radius 1 is 1.50 bits per heavy atom. The van der Waals surface area contributed by atoms with Gasteiger partial charge >= 0.3 is 0 Å². The number of rotatable bonds is 3. The summed E-state index contributed by atoms with van der Waals surface area (Å²) in [5.74, 6) is 2.54. The standard InChI is InChI=1S/C12H24N2OS/c1-3-12-8-15-10(2)6-14(12)7-11-9-16-5-4-13-11/h10-13H,3-9H2,1-2H3. The van der Waals surface area contributed by atoms with Crippen LogP contribution in [0.5, 0.6) is 0 Å². The number of ether oxygens (including phenoxy) is 1. The van der Waals surface area contributed by atoms with Crippen molar-refractivity contribution < 1.29 is 4.74 Å². The number of nitrogens with one attached hydrogen (secondary N) is 1. The molecule has 0 bridgehead atoms. The first kappa shape index (κ1) is 12.7. The summed E-state index contributed by atoms with van der Waals surface area (Å²) in [5.41, 5.74) is 0. The second-order valence-corrected chi connectivity index (χ2v) is 6.04. The smallest absolute Gasteiger partial charge is 0.0674 e. The Balaban J connectivity index is 1.84. The van der Waals surface area contributed by atoms with Gasteiger partial charge in [0, 0.05) is 43.2 Å². The van der Waals surface area contributed by atoms with Crippen LogP contribution in [0.25, 0.3) is 0 Å². The van der Waals surface area contributed by atoms with Crippen LogP contribution in [-0.2, 0) is 4.74 Å². The highest BCUT2D eigenvalue weighted by atomic mass is 32.2. The zero-order chi connectivity index (χ0) is 11.4. The lowest BCUT2D eigenvalue weighted by atomic mass is 10.1. The quantitative estimate of drug-likeness (QED) is 0.806. The molecule has 2 aliphatic heterocycles. The molecule has 2 saturated heterocycles. The van der Waals surface area contributed by atoms with Crippen molar-refractivity contribution in [2.24, 2.45) is 0 Å². The number of hydrogen-bond donors (Lipinski definition) is 1. The second kappa shape index (κ2) is 6.24. The van der Waals surface area contributed by atoms with E-state index in [4.69, 9.17) is 4.74 Å². The van der Waals surface area contributed by atoms with Crippen molar-refractivity contribution in [2.45, 2.75) is 38.5 Å². The van der Waals surface area contributed by atoms with Crippen LogP contribution < -0.4 is 5.32 Å². The molecular weight excluding hydrogens is 220 g/mol. The van der Waals surface area contributed by atoms with E-state index in [2.05, 4.69) is 35.8 Å².